The molecule has 0 bridgehead atoms. The van der Waals surface area contributed by atoms with Gasteiger partial charge in [0.25, 0.3) is 0 Å². The molecule has 1 heterocycles. The highest BCUT2D eigenvalue weighted by molar-refractivity contribution is 7.99. The van der Waals surface area contributed by atoms with Gasteiger partial charge < -0.3 is 10.6 Å². The number of anilines is 2. The average molecular weight is 280 g/mol. The molecule has 19 heavy (non-hydrogen) atoms. The molecule has 5 heteroatoms. The lowest BCUT2D eigenvalue weighted by atomic mass is 9.95. The van der Waals surface area contributed by atoms with Crippen molar-refractivity contribution in [1.82, 2.24) is 9.97 Å². The molecule has 1 aliphatic carbocycles. The summed E-state index contributed by atoms with van der Waals surface area (Å²) in [5, 5.41) is 7.58. The second-order valence-electron chi connectivity index (χ2n) is 5.02. The minimum absolute atomic E-state index is 0.552. The largest absolute Gasteiger partial charge is 0.373 e. The lowest BCUT2D eigenvalue weighted by Gasteiger charge is -2.29. The second-order valence-corrected chi connectivity index (χ2v) is 6.16. The van der Waals surface area contributed by atoms with E-state index in [1.165, 1.54) is 31.2 Å². The van der Waals surface area contributed by atoms with Crippen LogP contribution in [0.5, 0.6) is 0 Å². The van der Waals surface area contributed by atoms with E-state index in [2.05, 4.69) is 33.8 Å². The molecule has 106 valence electrons. The van der Waals surface area contributed by atoms with E-state index in [0.717, 1.165) is 23.3 Å². The van der Waals surface area contributed by atoms with Crippen molar-refractivity contribution in [2.45, 2.75) is 50.3 Å². The average Bonchev–Trinajstić information content (AvgIpc) is 2.47. The van der Waals surface area contributed by atoms with E-state index in [4.69, 9.17) is 0 Å². The first-order chi connectivity index (χ1) is 9.28. The standard InChI is InChI=1S/C14H24N4S/c1-4-12-13(15-2)16-9-17-14(12)18-10-6-5-7-11(8-10)19-3/h9-11H,4-8H2,1-3H3,(H2,15,16,17,18). The Balaban J connectivity index is 2.10. The maximum absolute atomic E-state index is 4.43. The van der Waals surface area contributed by atoms with Crippen LogP contribution in [0.1, 0.15) is 38.2 Å². The van der Waals surface area contributed by atoms with E-state index in [1.807, 2.05) is 18.8 Å². The summed E-state index contributed by atoms with van der Waals surface area (Å²) in [7, 11) is 1.91. The summed E-state index contributed by atoms with van der Waals surface area (Å²) in [4.78, 5) is 8.72. The monoisotopic (exact) mass is 280 g/mol. The Morgan fingerprint density at radius 3 is 2.79 bits per heavy atom. The summed E-state index contributed by atoms with van der Waals surface area (Å²) in [6.45, 7) is 2.15. The maximum Gasteiger partial charge on any atom is 0.134 e. The molecular formula is C14H24N4S. The fourth-order valence-corrected chi connectivity index (χ4v) is 3.60. The predicted octanol–water partition coefficient (Wildman–Crippen LogP) is 3.17. The number of hydrogen-bond acceptors (Lipinski definition) is 5. The Hall–Kier alpha value is -0.970. The predicted molar refractivity (Wildman–Crippen MR) is 84.1 cm³/mol. The molecule has 1 aliphatic rings. The summed E-state index contributed by atoms with van der Waals surface area (Å²) >= 11 is 1.99. The van der Waals surface area contributed by atoms with Crippen molar-refractivity contribution in [2.75, 3.05) is 23.9 Å². The molecule has 0 aromatic carbocycles. The highest BCUT2D eigenvalue weighted by Crippen LogP contribution is 2.30. The van der Waals surface area contributed by atoms with Crippen molar-refractivity contribution < 1.29 is 0 Å². The molecule has 0 amide bonds. The molecule has 2 N–H and O–H groups in total. The fraction of sp³-hybridized carbons (Fsp3) is 0.714. The third kappa shape index (κ3) is 3.53. The van der Waals surface area contributed by atoms with Gasteiger partial charge in [0.2, 0.25) is 0 Å². The van der Waals surface area contributed by atoms with Crippen molar-refractivity contribution in [3.05, 3.63) is 11.9 Å². The minimum Gasteiger partial charge on any atom is -0.373 e. The molecule has 0 saturated heterocycles. The first-order valence-electron chi connectivity index (χ1n) is 7.09. The van der Waals surface area contributed by atoms with Crippen LogP contribution in [0.25, 0.3) is 0 Å². The van der Waals surface area contributed by atoms with Gasteiger partial charge in [-0.2, -0.15) is 11.8 Å². The van der Waals surface area contributed by atoms with Crippen molar-refractivity contribution in [3.63, 3.8) is 0 Å². The zero-order valence-electron chi connectivity index (χ0n) is 12.1. The van der Waals surface area contributed by atoms with Crippen LogP contribution in [0.3, 0.4) is 0 Å². The highest BCUT2D eigenvalue weighted by Gasteiger charge is 2.22. The molecule has 0 aliphatic heterocycles. The Bertz CT molecular complexity index is 410. The molecule has 1 saturated carbocycles. The number of nitrogens with one attached hydrogen (secondary N) is 2. The van der Waals surface area contributed by atoms with Crippen LogP contribution in [0.15, 0.2) is 6.33 Å². The van der Waals surface area contributed by atoms with E-state index in [1.54, 1.807) is 6.33 Å². The summed E-state index contributed by atoms with van der Waals surface area (Å²) < 4.78 is 0. The maximum atomic E-state index is 4.43. The Labute approximate surface area is 120 Å². The molecule has 0 radical (unpaired) electrons. The van der Waals surface area contributed by atoms with Gasteiger partial charge in [0.1, 0.15) is 18.0 Å². The quantitative estimate of drug-likeness (QED) is 0.867. The third-order valence-electron chi connectivity index (χ3n) is 3.84. The van der Waals surface area contributed by atoms with Crippen LogP contribution < -0.4 is 10.6 Å². The Morgan fingerprint density at radius 2 is 2.11 bits per heavy atom. The number of nitrogens with zero attached hydrogens (tertiary/aromatic N) is 2. The molecule has 1 fully saturated rings. The van der Waals surface area contributed by atoms with Crippen molar-refractivity contribution in [3.8, 4) is 0 Å². The van der Waals surface area contributed by atoms with Crippen molar-refractivity contribution >= 4 is 23.4 Å². The van der Waals surface area contributed by atoms with Gasteiger partial charge >= 0.3 is 0 Å². The van der Waals surface area contributed by atoms with Gasteiger partial charge in [-0.15, -0.1) is 0 Å². The number of aromatic nitrogens is 2. The Kier molecular flexibility index (Phi) is 5.31. The molecule has 2 rings (SSSR count). The third-order valence-corrected chi connectivity index (χ3v) is 4.93. The van der Waals surface area contributed by atoms with E-state index < -0.39 is 0 Å². The molecule has 2 atom stereocenters. The zero-order chi connectivity index (χ0) is 13.7. The SMILES string of the molecule is CCc1c(NC)ncnc1NC1CCCC(SC)C1. The van der Waals surface area contributed by atoms with E-state index in [9.17, 15) is 0 Å². The molecule has 1 aromatic rings. The molecule has 1 aromatic heterocycles. The van der Waals surface area contributed by atoms with E-state index >= 15 is 0 Å². The summed E-state index contributed by atoms with van der Waals surface area (Å²) in [6, 6.07) is 0.552. The lowest BCUT2D eigenvalue weighted by Crippen LogP contribution is -2.29. The van der Waals surface area contributed by atoms with Crippen LogP contribution >= 0.6 is 11.8 Å². The first kappa shape index (κ1) is 14.4. The fourth-order valence-electron chi connectivity index (χ4n) is 2.77. The lowest BCUT2D eigenvalue weighted by molar-refractivity contribution is 0.472. The molecule has 2 unspecified atom stereocenters. The van der Waals surface area contributed by atoms with E-state index in [0.29, 0.717) is 6.04 Å². The van der Waals surface area contributed by atoms with E-state index in [-0.39, 0.29) is 0 Å². The van der Waals surface area contributed by atoms with Crippen molar-refractivity contribution in [2.24, 2.45) is 0 Å². The number of hydrogen-bond donors (Lipinski definition) is 2. The van der Waals surface area contributed by atoms with Gasteiger partial charge in [-0.05, 0) is 31.9 Å². The number of thioether (sulfide) groups is 1. The van der Waals surface area contributed by atoms with Gasteiger partial charge in [-0.3, -0.25) is 0 Å². The topological polar surface area (TPSA) is 49.8 Å². The van der Waals surface area contributed by atoms with Gasteiger partial charge in [0.05, 0.1) is 0 Å². The minimum atomic E-state index is 0.552. The van der Waals surface area contributed by atoms with Gasteiger partial charge in [0.15, 0.2) is 0 Å². The summed E-state index contributed by atoms with van der Waals surface area (Å²) in [5.41, 5.74) is 1.19. The second kappa shape index (κ2) is 6.98. The first-order valence-corrected chi connectivity index (χ1v) is 8.38. The number of rotatable bonds is 5. The van der Waals surface area contributed by atoms with Crippen LogP contribution in [0, 0.1) is 0 Å². The highest BCUT2D eigenvalue weighted by atomic mass is 32.2. The van der Waals surface area contributed by atoms with Crippen LogP contribution in [-0.2, 0) is 6.42 Å². The van der Waals surface area contributed by atoms with Gasteiger partial charge in [-0.25, -0.2) is 9.97 Å². The Morgan fingerprint density at radius 1 is 1.32 bits per heavy atom. The van der Waals surface area contributed by atoms with Crippen molar-refractivity contribution in [1.29, 1.82) is 0 Å². The normalized spacial score (nSPS) is 23.1. The summed E-state index contributed by atoms with van der Waals surface area (Å²) in [5.74, 6) is 1.95. The van der Waals surface area contributed by atoms with Gasteiger partial charge in [-0.1, -0.05) is 13.3 Å². The van der Waals surface area contributed by atoms with Crippen LogP contribution in [-0.4, -0.2) is 34.6 Å². The molecule has 4 nitrogen and oxygen atoms in total. The van der Waals surface area contributed by atoms with Crippen LogP contribution in [0.2, 0.25) is 0 Å². The zero-order valence-corrected chi connectivity index (χ0v) is 12.9. The van der Waals surface area contributed by atoms with Crippen LogP contribution in [0.4, 0.5) is 11.6 Å². The smallest absolute Gasteiger partial charge is 0.134 e. The molecular weight excluding hydrogens is 256 g/mol. The molecule has 0 spiro atoms. The van der Waals surface area contributed by atoms with Gasteiger partial charge in [0, 0.05) is 23.9 Å². The summed E-state index contributed by atoms with van der Waals surface area (Å²) in [6.07, 6.45) is 9.96.